The maximum absolute atomic E-state index is 6.44. The van der Waals surface area contributed by atoms with Gasteiger partial charge < -0.3 is 14.2 Å². The molecule has 8 aromatic rings. The molecule has 0 unspecified atom stereocenters. The molecule has 0 bridgehead atoms. The molecule has 7 aromatic carbocycles. The second-order valence-corrected chi connectivity index (χ2v) is 16.7. The van der Waals surface area contributed by atoms with Crippen LogP contribution in [0.5, 0.6) is 0 Å². The van der Waals surface area contributed by atoms with E-state index in [9.17, 15) is 0 Å². The van der Waals surface area contributed by atoms with E-state index in [1.165, 1.54) is 105 Å². The lowest BCUT2D eigenvalue weighted by molar-refractivity contribution is 0.443. The van der Waals surface area contributed by atoms with Crippen LogP contribution in [0.15, 0.2) is 162 Å². The van der Waals surface area contributed by atoms with E-state index in [1.807, 2.05) is 0 Å². The number of aryl methyl sites for hydroxylation is 3. The van der Waals surface area contributed by atoms with Gasteiger partial charge in [0.2, 0.25) is 0 Å². The van der Waals surface area contributed by atoms with E-state index in [0.29, 0.717) is 5.92 Å². The van der Waals surface area contributed by atoms with Gasteiger partial charge in [-0.15, -0.1) is 0 Å². The normalized spacial score (nSPS) is 17.6. The van der Waals surface area contributed by atoms with Gasteiger partial charge in [0.25, 0.3) is 0 Å². The predicted molar refractivity (Wildman–Crippen MR) is 238 cm³/mol. The summed E-state index contributed by atoms with van der Waals surface area (Å²) in [5, 5.41) is 2.37. The lowest BCUT2D eigenvalue weighted by Crippen LogP contribution is -2.27. The molecule has 0 radical (unpaired) electrons. The summed E-state index contributed by atoms with van der Waals surface area (Å²) in [6.45, 7) is 2.20. The SMILES string of the molecule is Cc1cccc2oc3ccc(N(c4ccc(C5CCCCC5)cc4)c4cccc5c4[C@]4(CCc6cccc(N(c7ccccc7)c7ccccc7)c64)CC5)cc3c12. The number of benzene rings is 7. The highest BCUT2D eigenvalue weighted by atomic mass is 16.3. The van der Waals surface area contributed by atoms with E-state index in [0.717, 1.165) is 42.5 Å². The largest absolute Gasteiger partial charge is 0.456 e. The van der Waals surface area contributed by atoms with E-state index >= 15 is 0 Å². The van der Waals surface area contributed by atoms with E-state index in [1.54, 1.807) is 0 Å². The first-order valence-corrected chi connectivity index (χ1v) is 21.1. The molecular formula is C54H48N2O. The minimum atomic E-state index is -0.136. The molecule has 1 spiro atoms. The van der Waals surface area contributed by atoms with E-state index in [4.69, 9.17) is 4.42 Å². The van der Waals surface area contributed by atoms with Crippen molar-refractivity contribution in [2.24, 2.45) is 0 Å². The molecule has 0 saturated heterocycles. The van der Waals surface area contributed by atoms with Crippen molar-refractivity contribution >= 4 is 56.1 Å². The van der Waals surface area contributed by atoms with Crippen LogP contribution in [0, 0.1) is 6.92 Å². The van der Waals surface area contributed by atoms with Gasteiger partial charge in [0, 0.05) is 38.9 Å². The van der Waals surface area contributed by atoms with Crippen molar-refractivity contribution in [1.29, 1.82) is 0 Å². The van der Waals surface area contributed by atoms with Crippen molar-refractivity contribution in [3.05, 3.63) is 191 Å². The van der Waals surface area contributed by atoms with Gasteiger partial charge in [0.1, 0.15) is 11.2 Å². The van der Waals surface area contributed by atoms with Gasteiger partial charge in [-0.3, -0.25) is 0 Å². The third kappa shape index (κ3) is 5.62. The summed E-state index contributed by atoms with van der Waals surface area (Å²) >= 11 is 0. The summed E-state index contributed by atoms with van der Waals surface area (Å²) in [5.74, 6) is 0.660. The first kappa shape index (κ1) is 34.2. The Hall–Kier alpha value is -6.06. The summed E-state index contributed by atoms with van der Waals surface area (Å²) in [6.07, 6.45) is 11.0. The molecule has 280 valence electrons. The van der Waals surface area contributed by atoms with E-state index < -0.39 is 0 Å². The Labute approximate surface area is 336 Å². The summed E-state index contributed by atoms with van der Waals surface area (Å²) < 4.78 is 6.44. The Bertz CT molecular complexity index is 2700. The maximum atomic E-state index is 6.44. The van der Waals surface area contributed by atoms with E-state index in [-0.39, 0.29) is 5.41 Å². The molecule has 3 nitrogen and oxygen atoms in total. The van der Waals surface area contributed by atoms with Crippen LogP contribution in [0.4, 0.5) is 34.1 Å². The quantitative estimate of drug-likeness (QED) is 0.162. The lowest BCUT2D eigenvalue weighted by atomic mass is 9.74. The van der Waals surface area contributed by atoms with Crippen LogP contribution >= 0.6 is 0 Å². The maximum Gasteiger partial charge on any atom is 0.135 e. The van der Waals surface area contributed by atoms with Crippen molar-refractivity contribution in [2.75, 3.05) is 9.80 Å². The summed E-state index contributed by atoms with van der Waals surface area (Å²) in [6, 6.07) is 58.9. The van der Waals surface area contributed by atoms with Gasteiger partial charge in [-0.25, -0.2) is 0 Å². The number of furan rings is 1. The molecule has 0 aliphatic heterocycles. The molecule has 1 atom stereocenters. The molecule has 1 heterocycles. The molecule has 3 aliphatic carbocycles. The molecular weight excluding hydrogens is 693 g/mol. The molecule has 1 saturated carbocycles. The predicted octanol–water partition coefficient (Wildman–Crippen LogP) is 15.1. The number of nitrogens with zero attached hydrogens (tertiary/aromatic N) is 2. The fourth-order valence-electron chi connectivity index (χ4n) is 11.0. The molecule has 0 amide bonds. The standard InChI is InChI=1S/C54H48N2O/c1-37-14-11-25-50-51(37)46-36-45(30-31-49(46)57-50)56(44-28-26-39(27-29-44)38-15-5-2-6-16-38)48-24-13-18-41-33-35-54(53(41)48)34-32-40-17-12-23-47(52(40)54)55(42-19-7-3-8-20-42)43-21-9-4-10-22-43/h3-4,7-14,17-31,36,38H,2,5-6,15-16,32-35H2,1H3/t54-/m1/s1. The third-order valence-corrected chi connectivity index (χ3v) is 13.5. The average molecular weight is 741 g/mol. The van der Waals surface area contributed by atoms with Crippen LogP contribution in [0.2, 0.25) is 0 Å². The molecule has 3 aliphatic rings. The van der Waals surface area contributed by atoms with Crippen LogP contribution in [-0.2, 0) is 18.3 Å². The number of hydrogen-bond acceptors (Lipinski definition) is 3. The second-order valence-electron chi connectivity index (χ2n) is 16.7. The summed E-state index contributed by atoms with van der Waals surface area (Å²) in [4.78, 5) is 5.06. The highest BCUT2D eigenvalue weighted by Gasteiger charge is 2.49. The fraction of sp³-hybridized carbons (Fsp3) is 0.222. The van der Waals surface area contributed by atoms with E-state index in [2.05, 4.69) is 174 Å². The zero-order valence-electron chi connectivity index (χ0n) is 32.8. The van der Waals surface area contributed by atoms with Crippen LogP contribution < -0.4 is 9.80 Å². The Morgan fingerprint density at radius 2 is 1.07 bits per heavy atom. The molecule has 11 rings (SSSR count). The topological polar surface area (TPSA) is 19.6 Å². The Balaban J connectivity index is 1.12. The lowest BCUT2D eigenvalue weighted by Gasteiger charge is -2.37. The Kier molecular flexibility index (Phi) is 8.31. The first-order chi connectivity index (χ1) is 28.2. The zero-order chi connectivity index (χ0) is 37.9. The third-order valence-electron chi connectivity index (χ3n) is 13.5. The second kappa shape index (κ2) is 13.8. The van der Waals surface area contributed by atoms with Gasteiger partial charge in [0.15, 0.2) is 0 Å². The minimum Gasteiger partial charge on any atom is -0.456 e. The Morgan fingerprint density at radius 1 is 0.509 bits per heavy atom. The van der Waals surface area contributed by atoms with Crippen LogP contribution in [-0.4, -0.2) is 0 Å². The monoisotopic (exact) mass is 740 g/mol. The van der Waals surface area contributed by atoms with Crippen molar-refractivity contribution < 1.29 is 4.42 Å². The fourth-order valence-corrected chi connectivity index (χ4v) is 11.0. The Morgan fingerprint density at radius 3 is 1.70 bits per heavy atom. The molecule has 57 heavy (non-hydrogen) atoms. The van der Waals surface area contributed by atoms with Gasteiger partial charge in [-0.2, -0.15) is 0 Å². The number of fused-ring (bicyclic) bond motifs is 7. The average Bonchev–Trinajstić information content (AvgIpc) is 3.97. The van der Waals surface area contributed by atoms with Gasteiger partial charge in [0.05, 0.1) is 11.4 Å². The highest BCUT2D eigenvalue weighted by Crippen LogP contribution is 2.60. The number of hydrogen-bond donors (Lipinski definition) is 0. The minimum absolute atomic E-state index is 0.136. The molecule has 1 aromatic heterocycles. The number of rotatable bonds is 7. The zero-order valence-corrected chi connectivity index (χ0v) is 32.8. The van der Waals surface area contributed by atoms with Gasteiger partial charge in [-0.1, -0.05) is 104 Å². The van der Waals surface area contributed by atoms with Crippen molar-refractivity contribution in [3.8, 4) is 0 Å². The van der Waals surface area contributed by atoms with Crippen LogP contribution in [0.25, 0.3) is 21.9 Å². The summed E-state index contributed by atoms with van der Waals surface area (Å²) in [5.41, 5.74) is 17.7. The number of anilines is 6. The molecule has 3 heteroatoms. The van der Waals surface area contributed by atoms with Crippen LogP contribution in [0.1, 0.15) is 84.2 Å². The van der Waals surface area contributed by atoms with Crippen LogP contribution in [0.3, 0.4) is 0 Å². The first-order valence-electron chi connectivity index (χ1n) is 21.1. The smallest absolute Gasteiger partial charge is 0.135 e. The van der Waals surface area contributed by atoms with Crippen molar-refractivity contribution in [3.63, 3.8) is 0 Å². The molecule has 0 N–H and O–H groups in total. The summed E-state index contributed by atoms with van der Waals surface area (Å²) in [7, 11) is 0. The van der Waals surface area contributed by atoms with Gasteiger partial charge >= 0.3 is 0 Å². The highest BCUT2D eigenvalue weighted by molar-refractivity contribution is 6.08. The molecule has 1 fully saturated rings. The van der Waals surface area contributed by atoms with Crippen molar-refractivity contribution in [1.82, 2.24) is 0 Å². The number of para-hydroxylation sites is 2. The van der Waals surface area contributed by atoms with Crippen molar-refractivity contribution in [2.45, 2.75) is 76.0 Å². The van der Waals surface area contributed by atoms with Gasteiger partial charge in [-0.05, 0) is 158 Å².